The summed E-state index contributed by atoms with van der Waals surface area (Å²) in [5.41, 5.74) is 5.91. The molecule has 0 aliphatic carbocycles. The van der Waals surface area contributed by atoms with Crippen molar-refractivity contribution in [3.05, 3.63) is 35.9 Å². The standard InChI is InChI=1S/C8H8O2.C3H7Cl2N/c9-8(10)6-7-4-2-1-3-5-7;1-2-3(4,5)6/h1-5H,6H2,(H,9,10);2,6H2,1H3. The van der Waals surface area contributed by atoms with Crippen LogP contribution in [0.4, 0.5) is 0 Å². The topological polar surface area (TPSA) is 63.3 Å². The van der Waals surface area contributed by atoms with Crippen LogP contribution in [-0.2, 0) is 11.2 Å². The van der Waals surface area contributed by atoms with Gasteiger partial charge in [-0.2, -0.15) is 0 Å². The molecule has 0 heterocycles. The molecule has 0 atom stereocenters. The molecule has 0 aromatic heterocycles. The highest BCUT2D eigenvalue weighted by molar-refractivity contribution is 6.47. The first-order chi connectivity index (χ1) is 7.35. The van der Waals surface area contributed by atoms with Crippen molar-refractivity contribution in [2.45, 2.75) is 24.2 Å². The molecule has 0 saturated carbocycles. The van der Waals surface area contributed by atoms with Crippen LogP contribution in [-0.4, -0.2) is 15.5 Å². The fourth-order valence-electron chi connectivity index (χ4n) is 0.770. The third-order valence-electron chi connectivity index (χ3n) is 1.67. The molecule has 0 saturated heterocycles. The van der Waals surface area contributed by atoms with Crippen LogP contribution in [0.2, 0.25) is 0 Å². The Morgan fingerprint density at radius 1 is 1.38 bits per heavy atom. The molecule has 0 radical (unpaired) electrons. The third-order valence-corrected chi connectivity index (χ3v) is 2.20. The predicted octanol–water partition coefficient (Wildman–Crippen LogP) is 2.80. The highest BCUT2D eigenvalue weighted by Gasteiger charge is 2.10. The molecule has 3 nitrogen and oxygen atoms in total. The lowest BCUT2D eigenvalue weighted by Gasteiger charge is -2.06. The van der Waals surface area contributed by atoms with E-state index in [2.05, 4.69) is 0 Å². The second kappa shape index (κ2) is 7.49. The zero-order valence-corrected chi connectivity index (χ0v) is 10.5. The maximum atomic E-state index is 10.2. The van der Waals surface area contributed by atoms with E-state index in [4.69, 9.17) is 34.0 Å². The zero-order valence-electron chi connectivity index (χ0n) is 8.99. The molecule has 0 bridgehead atoms. The van der Waals surface area contributed by atoms with Gasteiger partial charge in [0.15, 0.2) is 4.46 Å². The molecule has 0 spiro atoms. The first-order valence-corrected chi connectivity index (χ1v) is 5.53. The van der Waals surface area contributed by atoms with Gasteiger partial charge in [-0.25, -0.2) is 0 Å². The van der Waals surface area contributed by atoms with E-state index >= 15 is 0 Å². The van der Waals surface area contributed by atoms with Crippen molar-refractivity contribution < 1.29 is 9.90 Å². The van der Waals surface area contributed by atoms with E-state index in [9.17, 15) is 4.79 Å². The van der Waals surface area contributed by atoms with Gasteiger partial charge in [-0.1, -0.05) is 60.5 Å². The molecule has 90 valence electrons. The first-order valence-electron chi connectivity index (χ1n) is 4.77. The van der Waals surface area contributed by atoms with Gasteiger partial charge < -0.3 is 10.8 Å². The molecular formula is C11H15Cl2NO2. The molecule has 1 aromatic rings. The van der Waals surface area contributed by atoms with Gasteiger partial charge >= 0.3 is 5.97 Å². The minimum atomic E-state index is -1.01. The Hall–Kier alpha value is -0.770. The van der Waals surface area contributed by atoms with Crippen molar-refractivity contribution >= 4 is 29.2 Å². The number of hydrogen-bond acceptors (Lipinski definition) is 2. The van der Waals surface area contributed by atoms with Crippen LogP contribution in [0.15, 0.2) is 30.3 Å². The van der Waals surface area contributed by atoms with E-state index in [0.29, 0.717) is 6.42 Å². The van der Waals surface area contributed by atoms with Crippen molar-refractivity contribution in [3.63, 3.8) is 0 Å². The van der Waals surface area contributed by atoms with Gasteiger partial charge in [-0.05, 0) is 12.0 Å². The maximum Gasteiger partial charge on any atom is 0.307 e. The van der Waals surface area contributed by atoms with Gasteiger partial charge in [0.2, 0.25) is 0 Å². The van der Waals surface area contributed by atoms with Gasteiger partial charge in [0, 0.05) is 0 Å². The molecule has 1 rings (SSSR count). The SMILES string of the molecule is CCC(N)(Cl)Cl.O=C(O)Cc1ccccc1. The van der Waals surface area contributed by atoms with Crippen LogP contribution in [0.5, 0.6) is 0 Å². The minimum absolute atomic E-state index is 0.112. The largest absolute Gasteiger partial charge is 0.481 e. The number of halogens is 2. The van der Waals surface area contributed by atoms with Crippen molar-refractivity contribution in [3.8, 4) is 0 Å². The number of carboxylic acids is 1. The number of carbonyl (C=O) groups is 1. The van der Waals surface area contributed by atoms with Crippen LogP contribution in [0, 0.1) is 0 Å². The molecule has 0 fully saturated rings. The second-order valence-corrected chi connectivity index (χ2v) is 4.71. The molecule has 0 amide bonds. The summed E-state index contributed by atoms with van der Waals surface area (Å²) >= 11 is 10.5. The fourth-order valence-corrected chi connectivity index (χ4v) is 0.770. The normalized spacial score (nSPS) is 10.2. The second-order valence-electron chi connectivity index (χ2n) is 3.17. The first kappa shape index (κ1) is 15.2. The minimum Gasteiger partial charge on any atom is -0.481 e. The van der Waals surface area contributed by atoms with Crippen LogP contribution in [0.3, 0.4) is 0 Å². The summed E-state index contributed by atoms with van der Waals surface area (Å²) in [6.07, 6.45) is 0.691. The number of carboxylic acid groups (broad SMARTS) is 1. The molecule has 5 heteroatoms. The third kappa shape index (κ3) is 9.77. The van der Waals surface area contributed by atoms with Crippen LogP contribution in [0.1, 0.15) is 18.9 Å². The van der Waals surface area contributed by atoms with Crippen LogP contribution < -0.4 is 5.73 Å². The molecule has 16 heavy (non-hydrogen) atoms. The van der Waals surface area contributed by atoms with E-state index in [1.807, 2.05) is 25.1 Å². The number of aliphatic carboxylic acids is 1. The maximum absolute atomic E-state index is 10.2. The summed E-state index contributed by atoms with van der Waals surface area (Å²) in [5.74, 6) is -0.786. The number of nitrogens with two attached hydrogens (primary N) is 1. The van der Waals surface area contributed by atoms with Crippen molar-refractivity contribution in [1.29, 1.82) is 0 Å². The van der Waals surface area contributed by atoms with Crippen molar-refractivity contribution in [1.82, 2.24) is 0 Å². The van der Waals surface area contributed by atoms with Gasteiger partial charge in [-0.3, -0.25) is 4.79 Å². The number of hydrogen-bond donors (Lipinski definition) is 2. The number of alkyl halides is 2. The number of benzene rings is 1. The highest BCUT2D eigenvalue weighted by Crippen LogP contribution is 2.15. The van der Waals surface area contributed by atoms with Gasteiger partial charge in [0.1, 0.15) is 0 Å². The van der Waals surface area contributed by atoms with E-state index in [0.717, 1.165) is 5.56 Å². The lowest BCUT2D eigenvalue weighted by atomic mass is 10.2. The molecule has 0 aliphatic rings. The van der Waals surface area contributed by atoms with Crippen LogP contribution >= 0.6 is 23.2 Å². The molecule has 1 aromatic carbocycles. The van der Waals surface area contributed by atoms with E-state index in [1.165, 1.54) is 0 Å². The van der Waals surface area contributed by atoms with Gasteiger partial charge in [-0.15, -0.1) is 0 Å². The number of rotatable bonds is 3. The zero-order chi connectivity index (χ0) is 12.6. The molecular weight excluding hydrogens is 249 g/mol. The Morgan fingerprint density at radius 3 is 2.12 bits per heavy atom. The van der Waals surface area contributed by atoms with E-state index in [-0.39, 0.29) is 6.42 Å². The van der Waals surface area contributed by atoms with Crippen molar-refractivity contribution in [2.75, 3.05) is 0 Å². The quantitative estimate of drug-likeness (QED) is 0.651. The summed E-state index contributed by atoms with van der Waals surface area (Å²) in [4.78, 5) is 10.2. The summed E-state index contributed by atoms with van der Waals surface area (Å²) in [6, 6.07) is 9.13. The monoisotopic (exact) mass is 263 g/mol. The Kier molecular flexibility index (Phi) is 7.13. The van der Waals surface area contributed by atoms with Gasteiger partial charge in [0.25, 0.3) is 0 Å². The molecule has 0 aliphatic heterocycles. The van der Waals surface area contributed by atoms with Crippen LogP contribution in [0.25, 0.3) is 0 Å². The molecule has 0 unspecified atom stereocenters. The predicted molar refractivity (Wildman–Crippen MR) is 66.7 cm³/mol. The Balaban J connectivity index is 0.000000325. The van der Waals surface area contributed by atoms with E-state index < -0.39 is 10.4 Å². The van der Waals surface area contributed by atoms with Gasteiger partial charge in [0.05, 0.1) is 6.42 Å². The summed E-state index contributed by atoms with van der Waals surface area (Å²) in [6.45, 7) is 1.82. The Labute approximate surface area is 105 Å². The average Bonchev–Trinajstić information content (AvgIpc) is 2.18. The highest BCUT2D eigenvalue weighted by atomic mass is 35.5. The lowest BCUT2D eigenvalue weighted by molar-refractivity contribution is -0.136. The average molecular weight is 264 g/mol. The lowest BCUT2D eigenvalue weighted by Crippen LogP contribution is -2.23. The van der Waals surface area contributed by atoms with Crippen molar-refractivity contribution in [2.24, 2.45) is 5.73 Å². The van der Waals surface area contributed by atoms with E-state index in [1.54, 1.807) is 12.1 Å². The molecule has 3 N–H and O–H groups in total. The summed E-state index contributed by atoms with van der Waals surface area (Å²) in [7, 11) is 0. The Morgan fingerprint density at radius 2 is 1.81 bits per heavy atom. The Bertz CT molecular complexity index is 310. The smallest absolute Gasteiger partial charge is 0.307 e. The summed E-state index contributed by atoms with van der Waals surface area (Å²) < 4.78 is -1.01. The fraction of sp³-hybridized carbons (Fsp3) is 0.364. The summed E-state index contributed by atoms with van der Waals surface area (Å²) in [5, 5.41) is 8.37.